The summed E-state index contributed by atoms with van der Waals surface area (Å²) in [4.78, 5) is 23.7. The molecule has 0 aromatic heterocycles. The van der Waals surface area contributed by atoms with Crippen molar-refractivity contribution in [2.75, 3.05) is 20.8 Å². The predicted octanol–water partition coefficient (Wildman–Crippen LogP) is 2.43. The van der Waals surface area contributed by atoms with E-state index < -0.39 is 5.91 Å². The summed E-state index contributed by atoms with van der Waals surface area (Å²) < 4.78 is 15.8. The first-order chi connectivity index (χ1) is 13.5. The fraction of sp³-hybridized carbons (Fsp3) is 0.333. The number of aryl methyl sites for hydroxylation is 2. The van der Waals surface area contributed by atoms with Crippen molar-refractivity contribution in [2.24, 2.45) is 0 Å². The van der Waals surface area contributed by atoms with Crippen molar-refractivity contribution < 1.29 is 23.8 Å². The van der Waals surface area contributed by atoms with Gasteiger partial charge in [-0.1, -0.05) is 25.1 Å². The van der Waals surface area contributed by atoms with Crippen LogP contribution in [0.3, 0.4) is 0 Å². The summed E-state index contributed by atoms with van der Waals surface area (Å²) in [5.41, 5.74) is 6.85. The minimum Gasteiger partial charge on any atom is -0.493 e. The molecule has 0 bridgehead atoms. The summed E-state index contributed by atoms with van der Waals surface area (Å²) in [6.07, 6.45) is 1.66. The normalized spacial score (nSPS) is 10.1. The highest BCUT2D eigenvalue weighted by molar-refractivity contribution is 5.82. The third-order valence-electron chi connectivity index (χ3n) is 4.13. The van der Waals surface area contributed by atoms with Crippen LogP contribution in [0.15, 0.2) is 42.5 Å². The van der Waals surface area contributed by atoms with Crippen molar-refractivity contribution in [1.82, 2.24) is 10.9 Å². The molecule has 2 aromatic carbocycles. The zero-order chi connectivity index (χ0) is 20.4. The fourth-order valence-corrected chi connectivity index (χ4v) is 2.50. The molecule has 0 aliphatic heterocycles. The molecule has 2 aromatic rings. The summed E-state index contributed by atoms with van der Waals surface area (Å²) in [5, 5.41) is 0. The monoisotopic (exact) mass is 386 g/mol. The molecule has 7 heteroatoms. The molecule has 150 valence electrons. The molecule has 0 fully saturated rings. The highest BCUT2D eigenvalue weighted by atomic mass is 16.5. The smallest absolute Gasteiger partial charge is 0.276 e. The number of hydrazine groups is 1. The van der Waals surface area contributed by atoms with Crippen LogP contribution in [-0.2, 0) is 22.4 Å². The molecule has 0 unspecified atom stereocenters. The Bertz CT molecular complexity index is 790. The van der Waals surface area contributed by atoms with Crippen molar-refractivity contribution in [2.45, 2.75) is 26.2 Å². The highest BCUT2D eigenvalue weighted by Crippen LogP contribution is 2.27. The molecular formula is C21H26N2O5. The molecule has 0 radical (unpaired) electrons. The second-order valence-corrected chi connectivity index (χ2v) is 6.07. The van der Waals surface area contributed by atoms with E-state index in [9.17, 15) is 9.59 Å². The van der Waals surface area contributed by atoms with E-state index in [0.29, 0.717) is 23.7 Å². The van der Waals surface area contributed by atoms with Gasteiger partial charge in [0.05, 0.1) is 14.2 Å². The van der Waals surface area contributed by atoms with Crippen molar-refractivity contribution in [3.8, 4) is 17.2 Å². The van der Waals surface area contributed by atoms with Crippen LogP contribution in [-0.4, -0.2) is 32.6 Å². The second kappa shape index (κ2) is 10.8. The van der Waals surface area contributed by atoms with Crippen LogP contribution < -0.4 is 25.1 Å². The van der Waals surface area contributed by atoms with Crippen molar-refractivity contribution in [3.63, 3.8) is 0 Å². The van der Waals surface area contributed by atoms with Gasteiger partial charge in [0.2, 0.25) is 5.91 Å². The van der Waals surface area contributed by atoms with Gasteiger partial charge in [0, 0.05) is 6.42 Å². The summed E-state index contributed by atoms with van der Waals surface area (Å²) in [7, 11) is 3.13. The molecule has 0 heterocycles. The Labute approximate surface area is 165 Å². The van der Waals surface area contributed by atoms with Gasteiger partial charge in [-0.05, 0) is 48.2 Å². The quantitative estimate of drug-likeness (QED) is 0.647. The third-order valence-corrected chi connectivity index (χ3v) is 4.13. The highest BCUT2D eigenvalue weighted by Gasteiger charge is 2.08. The SMILES string of the molecule is CCc1ccc(OCC(=O)NNC(=O)CCc2ccc(OC)c(OC)c2)cc1. The Kier molecular flexibility index (Phi) is 8.14. The van der Waals surface area contributed by atoms with E-state index >= 15 is 0 Å². The number of nitrogens with one attached hydrogen (secondary N) is 2. The number of carbonyl (C=O) groups excluding carboxylic acids is 2. The molecule has 28 heavy (non-hydrogen) atoms. The largest absolute Gasteiger partial charge is 0.493 e. The van der Waals surface area contributed by atoms with Gasteiger partial charge in [0.15, 0.2) is 18.1 Å². The molecule has 2 rings (SSSR count). The number of carbonyl (C=O) groups is 2. The number of hydrogen-bond donors (Lipinski definition) is 2. The molecule has 7 nitrogen and oxygen atoms in total. The lowest BCUT2D eigenvalue weighted by atomic mass is 10.1. The number of methoxy groups -OCH3 is 2. The van der Waals surface area contributed by atoms with Gasteiger partial charge in [0.25, 0.3) is 5.91 Å². The molecule has 0 aliphatic carbocycles. The van der Waals surface area contributed by atoms with Gasteiger partial charge >= 0.3 is 0 Å². The number of ether oxygens (including phenoxy) is 3. The molecule has 0 saturated heterocycles. The van der Waals surface area contributed by atoms with E-state index in [1.54, 1.807) is 20.3 Å². The lowest BCUT2D eigenvalue weighted by Crippen LogP contribution is -2.43. The van der Waals surface area contributed by atoms with Crippen LogP contribution in [0.1, 0.15) is 24.5 Å². The molecular weight excluding hydrogens is 360 g/mol. The van der Waals surface area contributed by atoms with Gasteiger partial charge in [-0.25, -0.2) is 0 Å². The van der Waals surface area contributed by atoms with Gasteiger partial charge in [-0.15, -0.1) is 0 Å². The molecule has 2 N–H and O–H groups in total. The van der Waals surface area contributed by atoms with E-state index in [1.165, 1.54) is 5.56 Å². The molecule has 0 spiro atoms. The molecule has 0 saturated carbocycles. The van der Waals surface area contributed by atoms with E-state index in [0.717, 1.165) is 12.0 Å². The predicted molar refractivity (Wildman–Crippen MR) is 105 cm³/mol. The number of rotatable bonds is 9. The standard InChI is InChI=1S/C21H26N2O5/c1-4-15-5-9-17(10-6-15)28-14-21(25)23-22-20(24)12-8-16-7-11-18(26-2)19(13-16)27-3/h5-7,9-11,13H,4,8,12,14H2,1-3H3,(H,22,24)(H,23,25). The maximum Gasteiger partial charge on any atom is 0.276 e. The van der Waals surface area contributed by atoms with Crippen LogP contribution in [0.25, 0.3) is 0 Å². The number of amides is 2. The lowest BCUT2D eigenvalue weighted by Gasteiger charge is -2.10. The van der Waals surface area contributed by atoms with Crippen LogP contribution in [0.5, 0.6) is 17.2 Å². The molecule has 2 amide bonds. The van der Waals surface area contributed by atoms with Crippen molar-refractivity contribution in [3.05, 3.63) is 53.6 Å². The van der Waals surface area contributed by atoms with E-state index in [2.05, 4.69) is 17.8 Å². The maximum atomic E-state index is 11.9. The average molecular weight is 386 g/mol. The van der Waals surface area contributed by atoms with Gasteiger partial charge in [-0.3, -0.25) is 20.4 Å². The van der Waals surface area contributed by atoms with E-state index in [1.807, 2.05) is 36.4 Å². The van der Waals surface area contributed by atoms with E-state index in [-0.39, 0.29) is 18.9 Å². The van der Waals surface area contributed by atoms with Gasteiger partial charge < -0.3 is 14.2 Å². The van der Waals surface area contributed by atoms with E-state index in [4.69, 9.17) is 14.2 Å². The van der Waals surface area contributed by atoms with Crippen molar-refractivity contribution >= 4 is 11.8 Å². The van der Waals surface area contributed by atoms with Gasteiger partial charge in [0.1, 0.15) is 5.75 Å². The number of hydrogen-bond acceptors (Lipinski definition) is 5. The third kappa shape index (κ3) is 6.50. The fourth-order valence-electron chi connectivity index (χ4n) is 2.50. The minimum atomic E-state index is -0.431. The Hall–Kier alpha value is -3.22. The Morgan fingerprint density at radius 3 is 2.14 bits per heavy atom. The summed E-state index contributed by atoms with van der Waals surface area (Å²) in [5.74, 6) is 1.12. The summed E-state index contributed by atoms with van der Waals surface area (Å²) in [6, 6.07) is 13.0. The molecule has 0 atom stereocenters. The summed E-state index contributed by atoms with van der Waals surface area (Å²) in [6.45, 7) is 1.89. The van der Waals surface area contributed by atoms with Crippen molar-refractivity contribution in [1.29, 1.82) is 0 Å². The first-order valence-electron chi connectivity index (χ1n) is 9.06. The average Bonchev–Trinajstić information content (AvgIpc) is 2.74. The van der Waals surface area contributed by atoms with Crippen LogP contribution >= 0.6 is 0 Å². The summed E-state index contributed by atoms with van der Waals surface area (Å²) >= 11 is 0. The van der Waals surface area contributed by atoms with Crippen LogP contribution in [0, 0.1) is 0 Å². The molecule has 0 aliphatic rings. The number of benzene rings is 2. The first-order valence-corrected chi connectivity index (χ1v) is 9.06. The minimum absolute atomic E-state index is 0.179. The Morgan fingerprint density at radius 1 is 0.857 bits per heavy atom. The maximum absolute atomic E-state index is 11.9. The zero-order valence-electron chi connectivity index (χ0n) is 16.4. The lowest BCUT2D eigenvalue weighted by molar-refractivity contribution is -0.130. The Morgan fingerprint density at radius 2 is 1.50 bits per heavy atom. The Balaban J connectivity index is 1.70. The van der Waals surface area contributed by atoms with Crippen LogP contribution in [0.4, 0.5) is 0 Å². The van der Waals surface area contributed by atoms with Gasteiger partial charge in [-0.2, -0.15) is 0 Å². The zero-order valence-corrected chi connectivity index (χ0v) is 16.4. The van der Waals surface area contributed by atoms with Crippen LogP contribution in [0.2, 0.25) is 0 Å². The second-order valence-electron chi connectivity index (χ2n) is 6.07. The first kappa shape index (κ1) is 21.1. The topological polar surface area (TPSA) is 85.9 Å².